The molecule has 1 aromatic carbocycles. The summed E-state index contributed by atoms with van der Waals surface area (Å²) in [5.41, 5.74) is 1.28. The summed E-state index contributed by atoms with van der Waals surface area (Å²) in [5.74, 6) is -0.533. The first-order valence-electron chi connectivity index (χ1n) is 9.38. The highest BCUT2D eigenvalue weighted by Crippen LogP contribution is 2.35. The monoisotopic (exact) mass is 440 g/mol. The Kier molecular flexibility index (Phi) is 6.86. The summed E-state index contributed by atoms with van der Waals surface area (Å²) < 4.78 is 31.3. The van der Waals surface area contributed by atoms with Crippen LogP contribution in [0.15, 0.2) is 26.9 Å². The predicted octanol–water partition coefficient (Wildman–Crippen LogP) is 5.76. The van der Waals surface area contributed by atoms with Crippen molar-refractivity contribution >= 4 is 33.0 Å². The molecule has 0 aliphatic rings. The molecule has 1 aromatic heterocycles. The first-order chi connectivity index (χ1) is 13.2. The number of thiazole rings is 1. The lowest BCUT2D eigenvalue weighted by molar-refractivity contribution is 0.260. The number of carbonyl (C=O) groups is 1. The molecule has 0 saturated heterocycles. The van der Waals surface area contributed by atoms with Crippen LogP contribution in [0.25, 0.3) is 0 Å². The van der Waals surface area contributed by atoms with E-state index in [2.05, 4.69) is 14.7 Å². The summed E-state index contributed by atoms with van der Waals surface area (Å²) in [6.07, 6.45) is 1.39. The van der Waals surface area contributed by atoms with Crippen LogP contribution in [0.3, 0.4) is 0 Å². The molecule has 0 bridgehead atoms. The van der Waals surface area contributed by atoms with Crippen LogP contribution in [0.4, 0.5) is 14.9 Å². The van der Waals surface area contributed by atoms with Crippen molar-refractivity contribution in [2.24, 2.45) is 9.50 Å². The Hall–Kier alpha value is -1.84. The van der Waals surface area contributed by atoms with Gasteiger partial charge in [-0.05, 0) is 23.5 Å². The number of nitrogens with zero attached hydrogens (tertiary/aromatic N) is 2. The number of benzene rings is 1. The first kappa shape index (κ1) is 23.4. The van der Waals surface area contributed by atoms with E-state index in [1.165, 1.54) is 23.6 Å². The van der Waals surface area contributed by atoms with Crippen LogP contribution in [0, 0.1) is 5.82 Å². The topological polar surface area (TPSA) is 97.4 Å². The van der Waals surface area contributed by atoms with Gasteiger partial charge < -0.3 is 5.32 Å². The maximum Gasteiger partial charge on any atom is 0.354 e. The fourth-order valence-electron chi connectivity index (χ4n) is 2.84. The summed E-state index contributed by atoms with van der Waals surface area (Å²) >= 11 is 1.17. The van der Waals surface area contributed by atoms with Gasteiger partial charge in [-0.2, -0.15) is 0 Å². The average Bonchev–Trinajstić information content (AvgIpc) is 3.04. The summed E-state index contributed by atoms with van der Waals surface area (Å²) in [6, 6.07) is 2.16. The van der Waals surface area contributed by atoms with Gasteiger partial charge in [0.1, 0.15) is 10.0 Å². The molecule has 0 aliphatic heterocycles. The van der Waals surface area contributed by atoms with Gasteiger partial charge in [0.05, 0.1) is 16.9 Å². The Morgan fingerprint density at radius 2 is 1.86 bits per heavy atom. The highest BCUT2D eigenvalue weighted by atomic mass is 32.2. The van der Waals surface area contributed by atoms with Crippen LogP contribution < -0.4 is 10.5 Å². The molecule has 0 fully saturated rings. The minimum atomic E-state index is -3.47. The van der Waals surface area contributed by atoms with Crippen molar-refractivity contribution in [3.05, 3.63) is 40.3 Å². The molecule has 0 radical (unpaired) electrons. The largest absolute Gasteiger partial charge is 0.354 e. The number of amides is 2. The summed E-state index contributed by atoms with van der Waals surface area (Å²) in [5, 5.41) is 9.24. The second-order valence-electron chi connectivity index (χ2n) is 8.56. The van der Waals surface area contributed by atoms with E-state index >= 15 is 0 Å². The lowest BCUT2D eigenvalue weighted by atomic mass is 9.92. The third-order valence-electron chi connectivity index (χ3n) is 4.29. The smallest absolute Gasteiger partial charge is 0.305 e. The number of nitrogens with one attached hydrogen (secondary N) is 1. The normalized spacial score (nSPS) is 14.2. The van der Waals surface area contributed by atoms with Gasteiger partial charge in [0, 0.05) is 11.0 Å². The number of carbonyl (C=O) groups excluding carboxylic acids is 1. The van der Waals surface area contributed by atoms with Crippen LogP contribution in [-0.2, 0) is 15.3 Å². The fraction of sp³-hybridized carbons (Fsp3) is 0.500. The molecular formula is C20H29FN4O2S2. The quantitative estimate of drug-likeness (QED) is 0.632. The zero-order chi connectivity index (χ0) is 22.1. The van der Waals surface area contributed by atoms with E-state index in [4.69, 9.17) is 5.14 Å². The van der Waals surface area contributed by atoms with Gasteiger partial charge in [0.25, 0.3) is 0 Å². The number of aromatic nitrogens is 1. The maximum atomic E-state index is 14.4. The molecule has 29 heavy (non-hydrogen) atoms. The standard InChI is InChI=1S/C20H29FN4O2S2/c1-11(2)13-8-9-14(21)16(12(3)4)17(13)24-19(26)25-29(22,27)15-10-23-18(28-15)20(5,6)7/h8-12H,1-7H3,(H3,22,24,25,26,27). The molecule has 2 amide bonds. The molecule has 6 nitrogen and oxygen atoms in total. The molecular weight excluding hydrogens is 411 g/mol. The minimum Gasteiger partial charge on any atom is -0.305 e. The Morgan fingerprint density at radius 1 is 1.24 bits per heavy atom. The molecule has 3 N–H and O–H groups in total. The molecule has 2 aromatic rings. The van der Waals surface area contributed by atoms with Crippen LogP contribution in [0.1, 0.15) is 76.4 Å². The maximum absolute atomic E-state index is 14.4. The van der Waals surface area contributed by atoms with E-state index < -0.39 is 21.8 Å². The van der Waals surface area contributed by atoms with Crippen molar-refractivity contribution in [3.8, 4) is 0 Å². The SMILES string of the molecule is CC(C)c1ccc(F)c(C(C)C)c1NC(=O)N=S(N)(=O)c1cnc(C(C)(C)C)s1. The lowest BCUT2D eigenvalue weighted by Gasteiger charge is -2.20. The van der Waals surface area contributed by atoms with Crippen LogP contribution in [0.2, 0.25) is 0 Å². The predicted molar refractivity (Wildman–Crippen MR) is 117 cm³/mol. The van der Waals surface area contributed by atoms with Crippen molar-refractivity contribution in [2.75, 3.05) is 5.32 Å². The number of anilines is 1. The minimum absolute atomic E-state index is 0.0430. The van der Waals surface area contributed by atoms with Gasteiger partial charge in [0.2, 0.25) is 0 Å². The van der Waals surface area contributed by atoms with Crippen molar-refractivity contribution in [1.29, 1.82) is 0 Å². The van der Waals surface area contributed by atoms with Gasteiger partial charge >= 0.3 is 6.03 Å². The van der Waals surface area contributed by atoms with Crippen LogP contribution >= 0.6 is 11.3 Å². The number of nitrogens with two attached hydrogens (primary N) is 1. The molecule has 0 saturated carbocycles. The van der Waals surface area contributed by atoms with E-state index in [0.717, 1.165) is 10.6 Å². The van der Waals surface area contributed by atoms with Gasteiger partial charge in [-0.1, -0.05) is 54.5 Å². The van der Waals surface area contributed by atoms with Gasteiger partial charge in [-0.3, -0.25) is 0 Å². The highest BCUT2D eigenvalue weighted by Gasteiger charge is 2.23. The van der Waals surface area contributed by atoms with E-state index in [1.54, 1.807) is 6.07 Å². The Balaban J connectivity index is 2.46. The number of halogens is 1. The fourth-order valence-corrected chi connectivity index (χ4v) is 4.95. The van der Waals surface area contributed by atoms with E-state index in [-0.39, 0.29) is 21.5 Å². The Bertz CT molecular complexity index is 1030. The van der Waals surface area contributed by atoms with Crippen LogP contribution in [-0.4, -0.2) is 15.2 Å². The van der Waals surface area contributed by atoms with Crippen molar-refractivity contribution in [1.82, 2.24) is 4.98 Å². The average molecular weight is 441 g/mol. The van der Waals surface area contributed by atoms with Crippen molar-refractivity contribution in [2.45, 2.75) is 69.9 Å². The highest BCUT2D eigenvalue weighted by molar-refractivity contribution is 7.93. The third-order valence-corrected chi connectivity index (χ3v) is 7.59. The number of urea groups is 1. The summed E-state index contributed by atoms with van der Waals surface area (Å²) in [6.45, 7) is 13.5. The van der Waals surface area contributed by atoms with Gasteiger partial charge in [-0.15, -0.1) is 15.7 Å². The molecule has 1 unspecified atom stereocenters. The molecule has 160 valence electrons. The van der Waals surface area contributed by atoms with E-state index in [1.807, 2.05) is 48.5 Å². The lowest BCUT2D eigenvalue weighted by Crippen LogP contribution is -2.19. The zero-order valence-corrected chi connectivity index (χ0v) is 19.5. The number of hydrogen-bond acceptors (Lipinski definition) is 4. The molecule has 0 aliphatic carbocycles. The Morgan fingerprint density at radius 3 is 2.34 bits per heavy atom. The summed E-state index contributed by atoms with van der Waals surface area (Å²) in [7, 11) is -3.47. The number of hydrogen-bond donors (Lipinski definition) is 2. The summed E-state index contributed by atoms with van der Waals surface area (Å²) in [4.78, 5) is 16.8. The second-order valence-corrected chi connectivity index (χ2v) is 11.6. The molecule has 9 heteroatoms. The zero-order valence-electron chi connectivity index (χ0n) is 17.9. The van der Waals surface area contributed by atoms with Crippen molar-refractivity contribution in [3.63, 3.8) is 0 Å². The van der Waals surface area contributed by atoms with E-state index in [9.17, 15) is 13.4 Å². The molecule has 2 rings (SSSR count). The number of rotatable bonds is 4. The molecule has 0 spiro atoms. The molecule has 1 heterocycles. The van der Waals surface area contributed by atoms with Crippen LogP contribution in [0.5, 0.6) is 0 Å². The third kappa shape index (κ3) is 5.40. The Labute approximate surface area is 176 Å². The first-order valence-corrected chi connectivity index (χ1v) is 11.8. The van der Waals surface area contributed by atoms with E-state index in [0.29, 0.717) is 11.3 Å². The molecule has 1 atom stereocenters. The van der Waals surface area contributed by atoms with Gasteiger partial charge in [0.15, 0.2) is 9.92 Å². The van der Waals surface area contributed by atoms with Crippen molar-refractivity contribution < 1.29 is 13.4 Å². The second kappa shape index (κ2) is 8.49. The van der Waals surface area contributed by atoms with Gasteiger partial charge in [-0.25, -0.2) is 23.5 Å².